The van der Waals surface area contributed by atoms with E-state index >= 15 is 0 Å². The Balaban J connectivity index is 0. The molecule has 0 saturated carbocycles. The van der Waals surface area contributed by atoms with E-state index < -0.39 is 0 Å². The van der Waals surface area contributed by atoms with E-state index in [1.807, 2.05) is 69.2 Å². The molecule has 0 N–H and O–H groups in total. The Hall–Kier alpha value is -0.160. The third-order valence-electron chi connectivity index (χ3n) is 2.36. The average molecular weight is 349 g/mol. The Labute approximate surface area is 151 Å². The third-order valence-corrected chi connectivity index (χ3v) is 2.36. The van der Waals surface area contributed by atoms with Gasteiger partial charge in [-0.25, -0.2) is 19.6 Å². The molecule has 0 aromatic carbocycles. The van der Waals surface area contributed by atoms with Gasteiger partial charge in [0, 0.05) is 0 Å². The molecule has 0 aliphatic heterocycles. The van der Waals surface area contributed by atoms with Crippen LogP contribution in [-0.4, -0.2) is 22.4 Å². The van der Waals surface area contributed by atoms with Crippen LogP contribution in [0.25, 0.3) is 0 Å². The minimum absolute atomic E-state index is 0.307. The summed E-state index contributed by atoms with van der Waals surface area (Å²) >= 11 is 0. The Kier molecular flexibility index (Phi) is 11.0. The highest BCUT2D eigenvalue weighted by molar-refractivity contribution is 4.75. The van der Waals surface area contributed by atoms with Crippen molar-refractivity contribution in [2.75, 3.05) is 0 Å². The van der Waals surface area contributed by atoms with Gasteiger partial charge in [0.1, 0.15) is 0 Å². The fourth-order valence-corrected chi connectivity index (χ4v) is 1.16. The zero-order valence-corrected chi connectivity index (χ0v) is 18.6. The van der Waals surface area contributed by atoms with Crippen LogP contribution in [0, 0.1) is 5.92 Å². The van der Waals surface area contributed by atoms with Gasteiger partial charge >= 0.3 is 0 Å². The van der Waals surface area contributed by atoms with E-state index in [0.717, 1.165) is 18.8 Å². The Morgan fingerprint density at radius 1 is 0.500 bits per heavy atom. The second kappa shape index (κ2) is 10.1. The van der Waals surface area contributed by atoms with Gasteiger partial charge in [-0.15, -0.1) is 0 Å². The first kappa shape index (κ1) is 26.1. The molecule has 0 spiro atoms. The molecule has 0 unspecified atom stereocenters. The first-order valence-electron chi connectivity index (χ1n) is 9.09. The van der Waals surface area contributed by atoms with Crippen molar-refractivity contribution in [1.82, 2.24) is 0 Å². The van der Waals surface area contributed by atoms with Crippen LogP contribution in [0.1, 0.15) is 103 Å². The van der Waals surface area contributed by atoms with Crippen LogP contribution in [0.5, 0.6) is 0 Å². The van der Waals surface area contributed by atoms with Gasteiger partial charge in [-0.2, -0.15) is 0 Å². The van der Waals surface area contributed by atoms with Crippen LogP contribution in [0.4, 0.5) is 0 Å². The fourth-order valence-electron chi connectivity index (χ4n) is 1.16. The maximum absolute atomic E-state index is 5.54. The quantitative estimate of drug-likeness (QED) is 0.390. The van der Waals surface area contributed by atoms with Gasteiger partial charge in [0.05, 0.1) is 22.4 Å². The largest absolute Gasteiger partial charge is 0.230 e. The van der Waals surface area contributed by atoms with Crippen molar-refractivity contribution in [3.8, 4) is 0 Å². The Bertz CT molecular complexity index is 287. The van der Waals surface area contributed by atoms with Crippen LogP contribution in [0.2, 0.25) is 0 Å². The molecule has 24 heavy (non-hydrogen) atoms. The average Bonchev–Trinajstić information content (AvgIpc) is 2.30. The molecule has 0 fully saturated rings. The highest BCUT2D eigenvalue weighted by Crippen LogP contribution is 2.27. The van der Waals surface area contributed by atoms with Crippen LogP contribution >= 0.6 is 0 Å². The molecule has 4 nitrogen and oxygen atoms in total. The molecule has 0 bridgehead atoms. The molecule has 0 radical (unpaired) electrons. The second-order valence-electron chi connectivity index (χ2n) is 10.3. The van der Waals surface area contributed by atoms with Crippen molar-refractivity contribution in [1.29, 1.82) is 0 Å². The highest BCUT2D eigenvalue weighted by Gasteiger charge is 2.30. The lowest BCUT2D eigenvalue weighted by Gasteiger charge is -2.33. The van der Waals surface area contributed by atoms with Crippen LogP contribution < -0.4 is 0 Å². The van der Waals surface area contributed by atoms with Crippen LogP contribution in [-0.2, 0) is 19.6 Å². The van der Waals surface area contributed by atoms with Gasteiger partial charge in [0.15, 0.2) is 0 Å². The minimum Gasteiger partial charge on any atom is -0.230 e. The van der Waals surface area contributed by atoms with Crippen molar-refractivity contribution < 1.29 is 19.6 Å². The molecule has 0 heterocycles. The molecule has 0 atom stereocenters. The summed E-state index contributed by atoms with van der Waals surface area (Å²) in [5.41, 5.74) is -1.34. The first-order valence-corrected chi connectivity index (χ1v) is 9.09. The summed E-state index contributed by atoms with van der Waals surface area (Å²) in [6.07, 6.45) is 1.62. The summed E-state index contributed by atoms with van der Waals surface area (Å²) in [5.74, 6) is 0.833. The molecular formula is C20H44O4. The predicted octanol–water partition coefficient (Wildman–Crippen LogP) is 6.48. The molecule has 0 aromatic heterocycles. The summed E-state index contributed by atoms with van der Waals surface area (Å²) in [6.45, 7) is 26.3. The topological polar surface area (TPSA) is 36.9 Å². The fraction of sp³-hybridized carbons (Fsp3) is 1.00. The van der Waals surface area contributed by atoms with E-state index in [2.05, 4.69) is 20.8 Å². The molecule has 0 rings (SSSR count). The SMILES string of the molecule is CC(C)(C)OOC(C)(C)CCC(C)(C)OOC(C)(C)C.CC(C)C. The summed E-state index contributed by atoms with van der Waals surface area (Å²) in [6, 6.07) is 0. The van der Waals surface area contributed by atoms with E-state index in [9.17, 15) is 0 Å². The smallest absolute Gasteiger partial charge is 0.0981 e. The van der Waals surface area contributed by atoms with Gasteiger partial charge in [-0.3, -0.25) is 0 Å². The first-order chi connectivity index (χ1) is 10.4. The Morgan fingerprint density at radius 2 is 0.708 bits per heavy atom. The lowest BCUT2D eigenvalue weighted by molar-refractivity contribution is -0.410. The van der Waals surface area contributed by atoms with Crippen molar-refractivity contribution >= 4 is 0 Å². The van der Waals surface area contributed by atoms with Crippen LogP contribution in [0.3, 0.4) is 0 Å². The van der Waals surface area contributed by atoms with Gasteiger partial charge in [0.2, 0.25) is 0 Å². The van der Waals surface area contributed by atoms with Crippen molar-refractivity contribution in [3.05, 3.63) is 0 Å². The zero-order valence-electron chi connectivity index (χ0n) is 18.6. The molecule has 4 heteroatoms. The van der Waals surface area contributed by atoms with Crippen LogP contribution in [0.15, 0.2) is 0 Å². The maximum atomic E-state index is 5.54. The van der Waals surface area contributed by atoms with E-state index in [-0.39, 0.29) is 22.4 Å². The molecule has 0 aliphatic rings. The summed E-state index contributed by atoms with van der Waals surface area (Å²) in [5, 5.41) is 0. The number of rotatable bonds is 7. The maximum Gasteiger partial charge on any atom is 0.0981 e. The third kappa shape index (κ3) is 21.8. The second-order valence-corrected chi connectivity index (χ2v) is 10.3. The van der Waals surface area contributed by atoms with Gasteiger partial charge in [-0.1, -0.05) is 20.8 Å². The van der Waals surface area contributed by atoms with Gasteiger partial charge < -0.3 is 0 Å². The van der Waals surface area contributed by atoms with Crippen molar-refractivity contribution in [3.63, 3.8) is 0 Å². The standard InChI is InChI=1S/C16H34O4.C4H10/c1-13(2,3)17-19-15(7,8)11-12-16(9,10)20-18-14(4,5)6;1-4(2)3/h11-12H2,1-10H3;4H,1-3H3. The van der Waals surface area contributed by atoms with E-state index in [0.29, 0.717) is 0 Å². The molecule has 148 valence electrons. The van der Waals surface area contributed by atoms with E-state index in [4.69, 9.17) is 19.6 Å². The molecular weight excluding hydrogens is 304 g/mol. The lowest BCUT2D eigenvalue weighted by atomic mass is 9.94. The highest BCUT2D eigenvalue weighted by atomic mass is 17.2. The summed E-state index contributed by atoms with van der Waals surface area (Å²) in [7, 11) is 0. The monoisotopic (exact) mass is 348 g/mol. The number of hydrogen-bond acceptors (Lipinski definition) is 4. The molecule has 0 amide bonds. The lowest BCUT2D eigenvalue weighted by Crippen LogP contribution is -2.35. The molecule has 0 saturated heterocycles. The van der Waals surface area contributed by atoms with Crippen molar-refractivity contribution in [2.45, 2.75) is 125 Å². The predicted molar refractivity (Wildman–Crippen MR) is 102 cm³/mol. The van der Waals surface area contributed by atoms with E-state index in [1.54, 1.807) is 0 Å². The van der Waals surface area contributed by atoms with Gasteiger partial charge in [0.25, 0.3) is 0 Å². The normalized spacial score (nSPS) is 13.8. The summed E-state index contributed by atoms with van der Waals surface area (Å²) < 4.78 is 0. The summed E-state index contributed by atoms with van der Waals surface area (Å²) in [4.78, 5) is 21.9. The minimum atomic E-state index is -0.365. The van der Waals surface area contributed by atoms with Gasteiger partial charge in [-0.05, 0) is 88.0 Å². The zero-order chi connectivity index (χ0) is 19.8. The molecule has 0 aromatic rings. The van der Waals surface area contributed by atoms with E-state index in [1.165, 1.54) is 0 Å². The Morgan fingerprint density at radius 3 is 0.875 bits per heavy atom. The molecule has 0 aliphatic carbocycles. The van der Waals surface area contributed by atoms with Crippen molar-refractivity contribution in [2.24, 2.45) is 5.92 Å². The number of hydrogen-bond donors (Lipinski definition) is 0.